The summed E-state index contributed by atoms with van der Waals surface area (Å²) < 4.78 is 203. The Morgan fingerprint density at radius 1 is 0.457 bits per heavy atom. The van der Waals surface area contributed by atoms with Crippen molar-refractivity contribution in [2.45, 2.75) is 81.9 Å². The lowest BCUT2D eigenvalue weighted by molar-refractivity contribution is -0.432. The van der Waals surface area contributed by atoms with E-state index in [4.69, 9.17) is 64.3 Å². The van der Waals surface area contributed by atoms with Gasteiger partial charge in [-0.2, -0.15) is 150 Å². The normalized spacial score (nSPS) is 12.5. The summed E-state index contributed by atoms with van der Waals surface area (Å²) in [7, 11) is -29.0. The second-order valence-electron chi connectivity index (χ2n) is 25.5. The molecule has 3 unspecified atom stereocenters. The average molecular weight is 1970 g/mol. The number of hydrogen-bond donors (Lipinski definition) is 23. The third-order valence-corrected chi connectivity index (χ3v) is 23.6. The van der Waals surface area contributed by atoms with E-state index in [1.54, 1.807) is 31.2 Å². The molecule has 129 heavy (non-hydrogen) atoms. The van der Waals surface area contributed by atoms with Crippen molar-refractivity contribution in [1.29, 1.82) is 0 Å². The van der Waals surface area contributed by atoms with Crippen molar-refractivity contribution in [2.24, 2.45) is 29.5 Å². The molecule has 28 N–H and O–H groups in total. The van der Waals surface area contributed by atoms with Crippen molar-refractivity contribution in [3.05, 3.63) is 168 Å². The van der Waals surface area contributed by atoms with E-state index in [9.17, 15) is 84.1 Å². The second kappa shape index (κ2) is 50.5. The Kier molecular flexibility index (Phi) is 41.9. The number of rotatable bonds is 44. The van der Waals surface area contributed by atoms with Crippen molar-refractivity contribution in [3.63, 3.8) is 0 Å². The van der Waals surface area contributed by atoms with Gasteiger partial charge in [-0.3, -0.25) is 13.8 Å². The highest BCUT2D eigenvalue weighted by Crippen LogP contribution is 2.32. The van der Waals surface area contributed by atoms with Crippen molar-refractivity contribution in [2.75, 3.05) is 101 Å². The third-order valence-electron chi connectivity index (χ3n) is 16.1. The molecule has 62 heteroatoms. The molecular weight excluding hydrogens is 1880 g/mol. The molecular formula is C67H87N21O33S8. The molecule has 0 bridgehead atoms. The van der Waals surface area contributed by atoms with E-state index in [1.165, 1.54) is 115 Å². The third kappa shape index (κ3) is 34.9. The number of nitrogens with two attached hydrogens (primary N) is 5. The highest BCUT2D eigenvalue weighted by atomic mass is 32.3. The molecule has 0 saturated heterocycles. The van der Waals surface area contributed by atoms with Crippen LogP contribution in [0.4, 0.5) is 47.1 Å². The van der Waals surface area contributed by atoms with E-state index < -0.39 is 121 Å². The van der Waals surface area contributed by atoms with Gasteiger partial charge in [0.05, 0.1) is 83.8 Å². The minimum absolute atomic E-state index is 0.00507. The van der Waals surface area contributed by atoms with Gasteiger partial charge in [0.1, 0.15) is 26.3 Å². The predicted molar refractivity (Wildman–Crippen MR) is 456 cm³/mol. The molecule has 0 aliphatic heterocycles. The van der Waals surface area contributed by atoms with Crippen LogP contribution in [0.25, 0.3) is 32.7 Å². The molecule has 0 saturated carbocycles. The summed E-state index contributed by atoms with van der Waals surface area (Å²) in [5.74, 6) is 23.9. The molecule has 7 aromatic carbocycles. The summed E-state index contributed by atoms with van der Waals surface area (Å²) in [5.41, 5.74) is 2.39. The van der Waals surface area contributed by atoms with Gasteiger partial charge in [0.15, 0.2) is 5.82 Å². The number of hydrogen-bond acceptors (Lipinski definition) is 51. The van der Waals surface area contributed by atoms with E-state index in [-0.39, 0.29) is 146 Å². The summed E-state index contributed by atoms with van der Waals surface area (Å²) >= 11 is 0.885. The van der Waals surface area contributed by atoms with Gasteiger partial charge in [0.2, 0.25) is 35.7 Å². The minimum Gasteiger partial charge on any atom is -0.478 e. The number of nitrogens with zero attached hydrogens (tertiary/aromatic N) is 9. The summed E-state index contributed by atoms with van der Waals surface area (Å²) in [6, 6.07) is 32.8. The number of carboxylic acid groups (broad SMARTS) is 1. The molecule has 0 aliphatic carbocycles. The molecule has 0 amide bonds. The highest BCUT2D eigenvalue weighted by Gasteiger charge is 2.25. The minimum atomic E-state index is -4.41. The van der Waals surface area contributed by atoms with Crippen LogP contribution in [0.3, 0.4) is 0 Å². The van der Waals surface area contributed by atoms with Gasteiger partial charge in [-0.25, -0.2) is 15.0 Å². The van der Waals surface area contributed by atoms with E-state index in [0.717, 1.165) is 12.0 Å². The number of aliphatic hydroxyl groups is 7. The first-order valence-corrected chi connectivity index (χ1v) is 47.2. The molecule has 0 aliphatic rings. The first-order valence-electron chi connectivity index (χ1n) is 36.1. The molecule has 3 aromatic heterocycles. The monoisotopic (exact) mass is 1970 g/mol. The van der Waals surface area contributed by atoms with Crippen LogP contribution in [0, 0.1) is 6.92 Å². The molecule has 54 nitrogen and oxygen atoms in total. The van der Waals surface area contributed by atoms with E-state index in [2.05, 4.69) is 108 Å². The van der Waals surface area contributed by atoms with Crippen LogP contribution >= 0.6 is 12.0 Å². The van der Waals surface area contributed by atoms with Crippen LogP contribution in [0.5, 0.6) is 0 Å². The zero-order chi connectivity index (χ0) is 95.5. The smallest absolute Gasteiger partial charge is 0.357 e. The van der Waals surface area contributed by atoms with E-state index >= 15 is 0 Å². The Hall–Kier alpha value is -10.7. The molecule has 0 radical (unpaired) electrons. The molecule has 0 fully saturated rings. The largest absolute Gasteiger partial charge is 0.478 e. The number of aromatic nitrogens is 9. The van der Waals surface area contributed by atoms with Crippen molar-refractivity contribution in [3.8, 4) is 11.1 Å². The maximum Gasteiger partial charge on any atom is 0.357 e. The number of carboxylic acids is 1. The Morgan fingerprint density at radius 3 is 1.35 bits per heavy atom. The fourth-order valence-electron chi connectivity index (χ4n) is 10.3. The Labute approximate surface area is 739 Å². The quantitative estimate of drug-likeness (QED) is 0.00713. The zero-order valence-corrected chi connectivity index (χ0v) is 73.2. The Balaban J connectivity index is 0.000000255. The van der Waals surface area contributed by atoms with Gasteiger partial charge in [-0.05, 0) is 109 Å². The van der Waals surface area contributed by atoms with Gasteiger partial charge in [0.25, 0.3) is 10.1 Å². The Morgan fingerprint density at radius 2 is 0.891 bits per heavy atom. The highest BCUT2D eigenvalue weighted by molar-refractivity contribution is 7.94. The lowest BCUT2D eigenvalue weighted by Crippen LogP contribution is -2.25. The molecule has 3 atom stereocenters. The number of carbonyl (C=O) groups is 1. The maximum absolute atomic E-state index is 11.8. The van der Waals surface area contributed by atoms with Gasteiger partial charge in [-0.1, -0.05) is 77.8 Å². The lowest BCUT2D eigenvalue weighted by Gasteiger charge is -2.13. The molecule has 3 heterocycles. The van der Waals surface area contributed by atoms with Gasteiger partial charge >= 0.3 is 66.9 Å². The lowest BCUT2D eigenvalue weighted by atomic mass is 10.1. The van der Waals surface area contributed by atoms with Crippen LogP contribution < -0.4 is 66.1 Å². The van der Waals surface area contributed by atoms with Crippen LogP contribution in [0.2, 0.25) is 0 Å². The number of fused-ring (bicyclic) bond motifs is 2. The van der Waals surface area contributed by atoms with Crippen LogP contribution in [-0.4, -0.2) is 247 Å². The van der Waals surface area contributed by atoms with Crippen LogP contribution in [0.1, 0.15) is 46.2 Å². The van der Waals surface area contributed by atoms with E-state index in [1.807, 2.05) is 4.72 Å². The number of benzene rings is 7. The number of aryl methyl sites for hydroxylation is 3. The topological polar surface area (TPSA) is 874 Å². The molecule has 10 rings (SSSR count). The average Bonchev–Trinajstić information content (AvgIpc) is 0.777. The fraction of sp³-hybridized carbons (Fsp3) is 0.284. The van der Waals surface area contributed by atoms with Gasteiger partial charge in [-0.15, -0.1) is 4.33 Å². The summed E-state index contributed by atoms with van der Waals surface area (Å²) in [5, 5.41) is 103. The fourth-order valence-corrected chi connectivity index (χ4v) is 15.3. The summed E-state index contributed by atoms with van der Waals surface area (Å²) in [6.45, 7) is 0.295. The first-order chi connectivity index (χ1) is 60.9. The SMILES string of the molecule is Cc1cc(S(=O)(=O)ON)c2ccc(NS(=O)(=O)O)cc2c1.NOS(=O)(=O)c1ccc(-c2ccc(S(=O)(=O)ON)cc2)cc1.NOS(=O)(=O)c1cccc2c(S(=O)(=O)ON)cccc12.O=C(O)c1ccccc1Nc1nc(NCCO)nc(NCC(O)CO)n1.O=S(=O)(O)CCCc1nc(NCc2nc(CCCSOOO)nc(NCC(O)CO)n2)nc(NCC(O)CO)n1. The van der Waals surface area contributed by atoms with Crippen LogP contribution in [0.15, 0.2) is 164 Å². The standard InChI is InChI=1S/C19H33N9O10S2.C15H20N6O5.C12H12N2O6S2.C11H12N2O6S2.C10H10N2O6S2/c29-10-12(31)7-20-17-24-14(3-1-5-39-38-37-33)23-16(27-17)9-22-19-26-15(4-2-6-40(34,35)36)25-18(28-19)21-8-13(32)11-30;22-6-5-16-13-19-14(17-7-9(24)8-23)21-15(20-13)18-11-4-2-1-3-10(11)12(25)26;13-19-21(15,16)11-5-1-9(2-6-11)10-3-7-12(8-4-10)22(17,18)20-14;1-7-4-8-6-9(13-21(16,17)18)2-3-10(8)11(5-7)20(14,15)19-12;11-17-19(13,14)9-5-1-3-7-8(9)4-2-6-10(7)20(15,16)18-12/h12-13,29-33H,1-11H2,(H,34,35,36)(H,20,23,24,27)(H2,21,22,25,26,28);1-4,9,22-24H,5-8H2,(H,25,26)(H3,16,17,18,19,20,21);1-8H,13-14H2;2-6,13H,12H2,1H3,(H,16,17,18);1-6H,11-12H2. The van der Waals surface area contributed by atoms with Crippen LogP contribution in [-0.2, 0) is 121 Å². The van der Waals surface area contributed by atoms with Gasteiger partial charge in [0, 0.05) is 73.0 Å². The second-order valence-corrected chi connectivity index (χ2v) is 36.7. The molecule has 0 spiro atoms. The zero-order valence-electron chi connectivity index (χ0n) is 66.7. The number of nitrogens with one attached hydrogen (secondary N) is 7. The van der Waals surface area contributed by atoms with Crippen molar-refractivity contribution >= 4 is 158 Å². The number of aliphatic hydroxyl groups excluding tert-OH is 7. The number of para-hydroxylation sites is 1. The Bertz CT molecular complexity index is 6100. The summed E-state index contributed by atoms with van der Waals surface area (Å²) in [6.07, 6.45) is -2.01. The predicted octanol–water partition coefficient (Wildman–Crippen LogP) is -1.04. The van der Waals surface area contributed by atoms with Crippen molar-refractivity contribution < 1.29 is 150 Å². The molecule has 706 valence electrons. The molecule has 10 aromatic rings. The number of aromatic carboxylic acids is 1. The number of anilines is 8. The summed E-state index contributed by atoms with van der Waals surface area (Å²) in [4.78, 5) is 48.4. The van der Waals surface area contributed by atoms with Crippen molar-refractivity contribution in [1.82, 2.24) is 44.9 Å². The van der Waals surface area contributed by atoms with E-state index in [0.29, 0.717) is 57.6 Å². The van der Waals surface area contributed by atoms with Gasteiger partial charge < -0.3 is 72.8 Å². The maximum atomic E-state index is 11.8. The first kappa shape index (κ1) is 107.